The molecule has 2 N–H and O–H groups in total. The minimum Gasteiger partial charge on any atom is -0.358 e. The summed E-state index contributed by atoms with van der Waals surface area (Å²) in [7, 11) is 0. The van der Waals surface area contributed by atoms with E-state index in [1.165, 1.54) is 17.7 Å². The van der Waals surface area contributed by atoms with Crippen molar-refractivity contribution < 1.29 is 4.39 Å². The molecule has 33 heavy (non-hydrogen) atoms. The van der Waals surface area contributed by atoms with Crippen molar-refractivity contribution in [2.75, 3.05) is 0 Å². The molecule has 4 nitrogen and oxygen atoms in total. The lowest BCUT2D eigenvalue weighted by Crippen LogP contribution is -2.39. The SMILES string of the molecule is Cc1cc2cc(CN(Cc3ccc(F)cc3)C(=S)NCc3ccccc3)c(=O)[nH]c2cc1C. The first-order chi connectivity index (χ1) is 15.9. The summed E-state index contributed by atoms with van der Waals surface area (Å²) < 4.78 is 13.4. The number of pyridine rings is 1. The summed E-state index contributed by atoms with van der Waals surface area (Å²) in [5.74, 6) is -0.285. The summed E-state index contributed by atoms with van der Waals surface area (Å²) in [5, 5.41) is 4.81. The number of aromatic nitrogens is 1. The molecule has 0 saturated heterocycles. The van der Waals surface area contributed by atoms with Gasteiger partial charge >= 0.3 is 0 Å². The first-order valence-electron chi connectivity index (χ1n) is 10.8. The molecular formula is C27H26FN3OS. The van der Waals surface area contributed by atoms with Gasteiger partial charge < -0.3 is 15.2 Å². The Bertz CT molecular complexity index is 1330. The molecule has 4 aromatic rings. The predicted molar refractivity (Wildman–Crippen MR) is 136 cm³/mol. The molecule has 0 radical (unpaired) electrons. The summed E-state index contributed by atoms with van der Waals surface area (Å²) >= 11 is 5.70. The van der Waals surface area contributed by atoms with Crippen LogP contribution in [0.2, 0.25) is 0 Å². The van der Waals surface area contributed by atoms with Crippen molar-refractivity contribution in [2.24, 2.45) is 0 Å². The Kier molecular flexibility index (Phi) is 6.84. The van der Waals surface area contributed by atoms with E-state index in [9.17, 15) is 9.18 Å². The molecule has 4 rings (SSSR count). The first-order valence-corrected chi connectivity index (χ1v) is 11.2. The molecule has 168 valence electrons. The van der Waals surface area contributed by atoms with Crippen molar-refractivity contribution in [1.29, 1.82) is 0 Å². The molecule has 0 fully saturated rings. The molecule has 0 unspecified atom stereocenters. The number of hydrogen-bond donors (Lipinski definition) is 2. The lowest BCUT2D eigenvalue weighted by molar-refractivity contribution is 0.397. The number of thiocarbonyl (C=S) groups is 1. The Labute approximate surface area is 198 Å². The molecule has 0 aliphatic heterocycles. The van der Waals surface area contributed by atoms with Crippen LogP contribution >= 0.6 is 12.2 Å². The van der Waals surface area contributed by atoms with E-state index in [1.807, 2.05) is 54.3 Å². The zero-order valence-corrected chi connectivity index (χ0v) is 19.5. The van der Waals surface area contributed by atoms with Gasteiger partial charge in [0.15, 0.2) is 5.11 Å². The molecule has 0 bridgehead atoms. The number of H-pyrrole nitrogens is 1. The van der Waals surface area contributed by atoms with E-state index in [4.69, 9.17) is 12.2 Å². The van der Waals surface area contributed by atoms with E-state index in [-0.39, 0.29) is 11.4 Å². The minimum atomic E-state index is -0.285. The average Bonchev–Trinajstić information content (AvgIpc) is 2.81. The van der Waals surface area contributed by atoms with Gasteiger partial charge in [-0.3, -0.25) is 4.79 Å². The van der Waals surface area contributed by atoms with Crippen molar-refractivity contribution in [2.45, 2.75) is 33.5 Å². The molecule has 6 heteroatoms. The van der Waals surface area contributed by atoms with Gasteiger partial charge in [-0.05, 0) is 84.0 Å². The number of fused-ring (bicyclic) bond motifs is 1. The normalized spacial score (nSPS) is 10.9. The van der Waals surface area contributed by atoms with E-state index in [0.717, 1.165) is 27.6 Å². The monoisotopic (exact) mass is 459 g/mol. The van der Waals surface area contributed by atoms with E-state index in [2.05, 4.69) is 23.3 Å². The van der Waals surface area contributed by atoms with Crippen LogP contribution in [0.3, 0.4) is 0 Å². The third-order valence-electron chi connectivity index (χ3n) is 5.76. The Balaban J connectivity index is 1.61. The van der Waals surface area contributed by atoms with Crippen molar-refractivity contribution in [1.82, 2.24) is 15.2 Å². The first kappa shape index (κ1) is 22.7. The van der Waals surface area contributed by atoms with Crippen molar-refractivity contribution in [3.05, 3.63) is 117 Å². The Morgan fingerprint density at radius 2 is 1.64 bits per heavy atom. The standard InChI is InChI=1S/C27H26FN3OS/c1-18-12-22-14-23(26(32)30-25(22)13-19(18)2)17-31(16-21-8-10-24(28)11-9-21)27(33)29-15-20-6-4-3-5-7-20/h3-14H,15-17H2,1-2H3,(H,29,33)(H,30,32). The van der Waals surface area contributed by atoms with E-state index < -0.39 is 0 Å². The summed E-state index contributed by atoms with van der Waals surface area (Å²) in [6.07, 6.45) is 0. The number of nitrogens with zero attached hydrogens (tertiary/aromatic N) is 1. The fraction of sp³-hybridized carbons (Fsp3) is 0.185. The van der Waals surface area contributed by atoms with Gasteiger partial charge in [0.05, 0.1) is 6.54 Å². The number of aromatic amines is 1. The Morgan fingerprint density at radius 3 is 2.36 bits per heavy atom. The van der Waals surface area contributed by atoms with E-state index in [1.54, 1.807) is 12.1 Å². The van der Waals surface area contributed by atoms with Crippen LogP contribution in [0.4, 0.5) is 4.39 Å². The van der Waals surface area contributed by atoms with Gasteiger partial charge in [0.1, 0.15) is 5.82 Å². The van der Waals surface area contributed by atoms with Gasteiger partial charge in [-0.2, -0.15) is 0 Å². The largest absolute Gasteiger partial charge is 0.358 e. The van der Waals surface area contributed by atoms with Crippen molar-refractivity contribution >= 4 is 28.2 Å². The number of halogens is 1. The van der Waals surface area contributed by atoms with Crippen LogP contribution in [0.15, 0.2) is 77.6 Å². The number of aryl methyl sites for hydroxylation is 2. The van der Waals surface area contributed by atoms with E-state index in [0.29, 0.717) is 30.3 Å². The molecule has 0 saturated carbocycles. The highest BCUT2D eigenvalue weighted by molar-refractivity contribution is 7.80. The second-order valence-electron chi connectivity index (χ2n) is 8.27. The average molecular weight is 460 g/mol. The van der Waals surface area contributed by atoms with Crippen LogP contribution in [0.25, 0.3) is 10.9 Å². The Morgan fingerprint density at radius 1 is 0.939 bits per heavy atom. The zero-order chi connectivity index (χ0) is 23.4. The molecule has 0 aliphatic rings. The van der Waals surface area contributed by atoms with Gasteiger partial charge in [-0.15, -0.1) is 0 Å². The maximum Gasteiger partial charge on any atom is 0.253 e. The fourth-order valence-corrected chi connectivity index (χ4v) is 3.94. The van der Waals surface area contributed by atoms with Gasteiger partial charge in [0, 0.05) is 24.2 Å². The third kappa shape index (κ3) is 5.65. The molecule has 0 atom stereocenters. The minimum absolute atomic E-state index is 0.138. The van der Waals surface area contributed by atoms with Gasteiger partial charge in [0.2, 0.25) is 0 Å². The zero-order valence-electron chi connectivity index (χ0n) is 18.7. The lowest BCUT2D eigenvalue weighted by Gasteiger charge is -2.26. The highest BCUT2D eigenvalue weighted by Crippen LogP contribution is 2.18. The fourth-order valence-electron chi connectivity index (χ4n) is 3.74. The highest BCUT2D eigenvalue weighted by Gasteiger charge is 2.15. The number of hydrogen-bond acceptors (Lipinski definition) is 2. The topological polar surface area (TPSA) is 48.1 Å². The van der Waals surface area contributed by atoms with Gasteiger partial charge in [-0.1, -0.05) is 42.5 Å². The second-order valence-corrected chi connectivity index (χ2v) is 8.66. The number of nitrogens with one attached hydrogen (secondary N) is 2. The number of benzene rings is 3. The third-order valence-corrected chi connectivity index (χ3v) is 6.16. The second kappa shape index (κ2) is 9.96. The molecule has 0 spiro atoms. The van der Waals surface area contributed by atoms with Crippen LogP contribution in [0, 0.1) is 19.7 Å². The van der Waals surface area contributed by atoms with Gasteiger partial charge in [-0.25, -0.2) is 4.39 Å². The smallest absolute Gasteiger partial charge is 0.253 e. The molecule has 0 aliphatic carbocycles. The van der Waals surface area contributed by atoms with Crippen LogP contribution < -0.4 is 10.9 Å². The summed E-state index contributed by atoms with van der Waals surface area (Å²) in [4.78, 5) is 17.8. The lowest BCUT2D eigenvalue weighted by atomic mass is 10.0. The van der Waals surface area contributed by atoms with E-state index >= 15 is 0 Å². The molecule has 1 heterocycles. The number of rotatable bonds is 6. The summed E-state index contributed by atoms with van der Waals surface area (Å²) in [6.45, 7) is 5.44. The van der Waals surface area contributed by atoms with Crippen LogP contribution in [-0.4, -0.2) is 15.0 Å². The molecule has 1 aromatic heterocycles. The Hall–Kier alpha value is -3.51. The van der Waals surface area contributed by atoms with Crippen molar-refractivity contribution in [3.63, 3.8) is 0 Å². The van der Waals surface area contributed by atoms with Gasteiger partial charge in [0.25, 0.3) is 5.56 Å². The molecule has 0 amide bonds. The molecule has 3 aromatic carbocycles. The highest BCUT2D eigenvalue weighted by atomic mass is 32.1. The van der Waals surface area contributed by atoms with Crippen LogP contribution in [0.5, 0.6) is 0 Å². The maximum absolute atomic E-state index is 13.4. The predicted octanol–water partition coefficient (Wildman–Crippen LogP) is 5.36. The maximum atomic E-state index is 13.4. The van der Waals surface area contributed by atoms with Crippen LogP contribution in [0.1, 0.15) is 27.8 Å². The van der Waals surface area contributed by atoms with Crippen LogP contribution in [-0.2, 0) is 19.6 Å². The quantitative estimate of drug-likeness (QED) is 0.381. The van der Waals surface area contributed by atoms with Crippen molar-refractivity contribution in [3.8, 4) is 0 Å². The molecular weight excluding hydrogens is 433 g/mol. The summed E-state index contributed by atoms with van der Waals surface area (Å²) in [5.41, 5.74) is 5.62. The summed E-state index contributed by atoms with van der Waals surface area (Å²) in [6, 6.07) is 22.3.